The molecule has 5 heteroatoms. The number of hydrogen-bond donors (Lipinski definition) is 0. The van der Waals surface area contributed by atoms with Crippen molar-refractivity contribution >= 4 is 47.8 Å². The van der Waals surface area contributed by atoms with Crippen molar-refractivity contribution in [2.75, 3.05) is 5.33 Å². The molecule has 108 valence electrons. The van der Waals surface area contributed by atoms with Crippen LogP contribution in [-0.2, 0) is 6.54 Å². The third-order valence-corrected chi connectivity index (χ3v) is 4.60. The van der Waals surface area contributed by atoms with Gasteiger partial charge in [0.05, 0.1) is 4.47 Å². The molecule has 0 fully saturated rings. The van der Waals surface area contributed by atoms with Gasteiger partial charge in [-0.2, -0.15) is 0 Å². The fraction of sp³-hybridized carbons (Fsp3) is 0.643. The molecule has 1 aromatic rings. The zero-order chi connectivity index (χ0) is 14.1. The predicted molar refractivity (Wildman–Crippen MR) is 92.2 cm³/mol. The fourth-order valence-electron chi connectivity index (χ4n) is 1.99. The van der Waals surface area contributed by atoms with Gasteiger partial charge in [0.1, 0.15) is 0 Å². The van der Waals surface area contributed by atoms with Gasteiger partial charge in [-0.15, -0.1) is 0 Å². The summed E-state index contributed by atoms with van der Waals surface area (Å²) in [5.41, 5.74) is 0.0560. The number of hydrogen-bond acceptors (Lipinski definition) is 1. The first-order chi connectivity index (χ1) is 9.15. The Balaban J connectivity index is 2.21. The first kappa shape index (κ1) is 17.4. The van der Waals surface area contributed by atoms with E-state index in [1.54, 1.807) is 10.6 Å². The number of rotatable bonds is 9. The minimum Gasteiger partial charge on any atom is -0.313 e. The first-order valence-corrected chi connectivity index (χ1v) is 9.47. The van der Waals surface area contributed by atoms with Gasteiger partial charge in [0.2, 0.25) is 0 Å². The molecule has 2 nitrogen and oxygen atoms in total. The summed E-state index contributed by atoms with van der Waals surface area (Å²) in [6.07, 6.45) is 10.6. The second-order valence-electron chi connectivity index (χ2n) is 4.67. The average molecular weight is 458 g/mol. The lowest BCUT2D eigenvalue weighted by Gasteiger charge is -2.07. The Labute approximate surface area is 140 Å². The van der Waals surface area contributed by atoms with Crippen molar-refractivity contribution in [1.29, 1.82) is 0 Å². The third kappa shape index (κ3) is 7.09. The van der Waals surface area contributed by atoms with Crippen LogP contribution in [0.4, 0.5) is 0 Å². The minimum atomic E-state index is 0.0560. The van der Waals surface area contributed by atoms with Gasteiger partial charge in [-0.1, -0.05) is 48.0 Å². The van der Waals surface area contributed by atoms with E-state index in [9.17, 15) is 4.79 Å². The van der Waals surface area contributed by atoms with E-state index in [1.165, 1.54) is 38.5 Å². The Kier molecular flexibility index (Phi) is 9.33. The van der Waals surface area contributed by atoms with Crippen LogP contribution >= 0.6 is 47.8 Å². The van der Waals surface area contributed by atoms with Gasteiger partial charge in [-0.25, -0.2) is 0 Å². The second-order valence-corrected chi connectivity index (χ2v) is 7.23. The molecule has 0 atom stereocenters. The van der Waals surface area contributed by atoms with E-state index < -0.39 is 0 Å². The molecule has 0 N–H and O–H groups in total. The number of alkyl halides is 1. The van der Waals surface area contributed by atoms with Gasteiger partial charge in [-0.05, 0) is 50.8 Å². The number of nitrogens with zero attached hydrogens (tertiary/aromatic N) is 1. The van der Waals surface area contributed by atoms with E-state index in [4.69, 9.17) is 0 Å². The molecule has 0 amide bonds. The number of pyridine rings is 1. The van der Waals surface area contributed by atoms with Crippen LogP contribution in [0.25, 0.3) is 0 Å². The normalized spacial score (nSPS) is 10.9. The van der Waals surface area contributed by atoms with E-state index in [0.717, 1.165) is 22.8 Å². The highest BCUT2D eigenvalue weighted by Crippen LogP contribution is 2.14. The maximum Gasteiger partial charge on any atom is 0.264 e. The third-order valence-electron chi connectivity index (χ3n) is 3.04. The summed E-state index contributed by atoms with van der Waals surface area (Å²) in [6.45, 7) is 0.804. The van der Waals surface area contributed by atoms with Crippen molar-refractivity contribution in [1.82, 2.24) is 4.57 Å². The van der Waals surface area contributed by atoms with Crippen LogP contribution in [0, 0.1) is 0 Å². The van der Waals surface area contributed by atoms with Crippen molar-refractivity contribution in [3.63, 3.8) is 0 Å². The fourth-order valence-corrected chi connectivity index (χ4v) is 3.65. The van der Waals surface area contributed by atoms with Gasteiger partial charge in [-0.3, -0.25) is 4.79 Å². The molecule has 0 bridgehead atoms. The minimum absolute atomic E-state index is 0.0560. The number of halogens is 3. The van der Waals surface area contributed by atoms with Crippen LogP contribution < -0.4 is 5.56 Å². The standard InChI is InChI=1S/C14H20Br3NO/c15-8-6-4-2-1-3-5-7-9-18-11-12(16)10-13(17)14(18)19/h10-11H,1-9H2. The molecule has 0 saturated carbocycles. The smallest absolute Gasteiger partial charge is 0.264 e. The van der Waals surface area contributed by atoms with Gasteiger partial charge in [0.25, 0.3) is 5.56 Å². The number of unbranched alkanes of at least 4 members (excludes halogenated alkanes) is 6. The first-order valence-electron chi connectivity index (χ1n) is 6.76. The van der Waals surface area contributed by atoms with E-state index in [-0.39, 0.29) is 5.56 Å². The van der Waals surface area contributed by atoms with Crippen LogP contribution in [0.2, 0.25) is 0 Å². The van der Waals surface area contributed by atoms with Gasteiger partial charge in [0.15, 0.2) is 0 Å². The van der Waals surface area contributed by atoms with Crippen molar-refractivity contribution in [3.05, 3.63) is 31.6 Å². The molecule has 1 aromatic heterocycles. The van der Waals surface area contributed by atoms with Crippen LogP contribution in [0.5, 0.6) is 0 Å². The van der Waals surface area contributed by atoms with E-state index in [2.05, 4.69) is 47.8 Å². The monoisotopic (exact) mass is 455 g/mol. The SMILES string of the molecule is O=c1c(Br)cc(Br)cn1CCCCCCCCCBr. The molecule has 19 heavy (non-hydrogen) atoms. The summed E-state index contributed by atoms with van der Waals surface area (Å²) < 4.78 is 3.34. The zero-order valence-corrected chi connectivity index (χ0v) is 15.8. The van der Waals surface area contributed by atoms with Crippen LogP contribution in [0.1, 0.15) is 44.9 Å². The molecule has 0 aliphatic rings. The summed E-state index contributed by atoms with van der Waals surface area (Å²) >= 11 is 10.1. The second kappa shape index (κ2) is 10.2. The number of aryl methyl sites for hydroxylation is 1. The van der Waals surface area contributed by atoms with Gasteiger partial charge < -0.3 is 4.57 Å². The van der Waals surface area contributed by atoms with E-state index in [1.807, 2.05) is 6.20 Å². The lowest BCUT2D eigenvalue weighted by molar-refractivity contribution is 0.542. The summed E-state index contributed by atoms with van der Waals surface area (Å²) in [7, 11) is 0. The maximum absolute atomic E-state index is 11.8. The van der Waals surface area contributed by atoms with Crippen molar-refractivity contribution < 1.29 is 0 Å². The van der Waals surface area contributed by atoms with Crippen LogP contribution in [0.15, 0.2) is 26.0 Å². The molecule has 0 aromatic carbocycles. The zero-order valence-electron chi connectivity index (χ0n) is 11.0. The molecular formula is C14H20Br3NO. The van der Waals surface area contributed by atoms with Crippen molar-refractivity contribution in [3.8, 4) is 0 Å². The Morgan fingerprint density at radius 3 is 2.16 bits per heavy atom. The Hall–Kier alpha value is 0.390. The van der Waals surface area contributed by atoms with Gasteiger partial charge in [0, 0.05) is 22.5 Å². The van der Waals surface area contributed by atoms with E-state index in [0.29, 0.717) is 4.47 Å². The summed E-state index contributed by atoms with van der Waals surface area (Å²) in [6, 6.07) is 1.79. The molecule has 0 unspecified atom stereocenters. The lowest BCUT2D eigenvalue weighted by Crippen LogP contribution is -2.20. The molecule has 0 aliphatic carbocycles. The van der Waals surface area contributed by atoms with Crippen molar-refractivity contribution in [2.24, 2.45) is 0 Å². The quantitative estimate of drug-likeness (QED) is 0.354. The molecule has 0 radical (unpaired) electrons. The van der Waals surface area contributed by atoms with Gasteiger partial charge >= 0.3 is 0 Å². The lowest BCUT2D eigenvalue weighted by atomic mass is 10.1. The molecule has 1 heterocycles. The summed E-state index contributed by atoms with van der Waals surface area (Å²) in [5, 5.41) is 1.12. The summed E-state index contributed by atoms with van der Waals surface area (Å²) in [4.78, 5) is 11.8. The highest BCUT2D eigenvalue weighted by molar-refractivity contribution is 9.11. The topological polar surface area (TPSA) is 22.0 Å². The van der Waals surface area contributed by atoms with Crippen LogP contribution in [0.3, 0.4) is 0 Å². The Morgan fingerprint density at radius 2 is 1.53 bits per heavy atom. The molecule has 0 saturated heterocycles. The maximum atomic E-state index is 11.8. The Morgan fingerprint density at radius 1 is 0.947 bits per heavy atom. The summed E-state index contributed by atoms with van der Waals surface area (Å²) in [5.74, 6) is 0. The van der Waals surface area contributed by atoms with E-state index >= 15 is 0 Å². The molecule has 1 rings (SSSR count). The average Bonchev–Trinajstić information content (AvgIpc) is 2.38. The largest absolute Gasteiger partial charge is 0.313 e. The van der Waals surface area contributed by atoms with Crippen LogP contribution in [-0.4, -0.2) is 9.90 Å². The molecule has 0 spiro atoms. The highest BCUT2D eigenvalue weighted by atomic mass is 79.9. The molecular weight excluding hydrogens is 438 g/mol. The van der Waals surface area contributed by atoms with Crippen molar-refractivity contribution in [2.45, 2.75) is 51.5 Å². The number of aromatic nitrogens is 1. The predicted octanol–water partition coefficient (Wildman–Crippen LogP) is 5.50. The molecule has 0 aliphatic heterocycles. The highest BCUT2D eigenvalue weighted by Gasteiger charge is 2.02. The Bertz CT molecular complexity index is 431.